The third-order valence-electron chi connectivity index (χ3n) is 4.08. The molecule has 2 aromatic heterocycles. The molecule has 0 atom stereocenters. The molecule has 0 bridgehead atoms. The molecule has 0 fully saturated rings. The standard InChI is InChI=1S/C19H11ClF2N2O3S/c1-27-15-5-9(4-12(20)17(15)25)6-16-18(26)24-8-14(23-19(24)28-16)11-7-10(21)2-3-13(11)22/h2-8,25H,1H3/b16-6-. The van der Waals surface area contributed by atoms with Gasteiger partial charge in [-0.2, -0.15) is 0 Å². The van der Waals surface area contributed by atoms with E-state index in [-0.39, 0.29) is 33.3 Å². The summed E-state index contributed by atoms with van der Waals surface area (Å²) in [5, 5.41) is 9.89. The van der Waals surface area contributed by atoms with E-state index in [2.05, 4.69) is 4.98 Å². The van der Waals surface area contributed by atoms with Crippen LogP contribution < -0.4 is 14.8 Å². The predicted molar refractivity (Wildman–Crippen MR) is 103 cm³/mol. The summed E-state index contributed by atoms with van der Waals surface area (Å²) in [6, 6.07) is 6.09. The molecule has 0 amide bonds. The molecule has 28 heavy (non-hydrogen) atoms. The fourth-order valence-corrected chi connectivity index (χ4v) is 3.91. The lowest BCUT2D eigenvalue weighted by Gasteiger charge is -2.05. The highest BCUT2D eigenvalue weighted by Gasteiger charge is 2.14. The fraction of sp³-hybridized carbons (Fsp3) is 0.0526. The van der Waals surface area contributed by atoms with Crippen molar-refractivity contribution in [1.29, 1.82) is 0 Å². The summed E-state index contributed by atoms with van der Waals surface area (Å²) in [5.74, 6) is -1.23. The number of imidazole rings is 1. The number of fused-ring (bicyclic) bond motifs is 1. The van der Waals surface area contributed by atoms with E-state index < -0.39 is 11.6 Å². The highest BCUT2D eigenvalue weighted by molar-refractivity contribution is 7.15. The van der Waals surface area contributed by atoms with Crippen LogP contribution in [0.3, 0.4) is 0 Å². The van der Waals surface area contributed by atoms with Crippen LogP contribution >= 0.6 is 22.9 Å². The summed E-state index contributed by atoms with van der Waals surface area (Å²) in [4.78, 5) is 17.2. The summed E-state index contributed by atoms with van der Waals surface area (Å²) in [6.45, 7) is 0. The van der Waals surface area contributed by atoms with Gasteiger partial charge in [0, 0.05) is 11.8 Å². The van der Waals surface area contributed by atoms with Gasteiger partial charge in [0.2, 0.25) is 0 Å². The summed E-state index contributed by atoms with van der Waals surface area (Å²) in [7, 11) is 1.39. The Morgan fingerprint density at radius 1 is 1.29 bits per heavy atom. The number of methoxy groups -OCH3 is 1. The van der Waals surface area contributed by atoms with Crippen LogP contribution in [-0.4, -0.2) is 21.6 Å². The molecular formula is C19H11ClF2N2O3S. The molecule has 0 aliphatic heterocycles. The van der Waals surface area contributed by atoms with E-state index in [1.165, 1.54) is 29.8 Å². The molecule has 142 valence electrons. The highest BCUT2D eigenvalue weighted by atomic mass is 35.5. The van der Waals surface area contributed by atoms with Crippen LogP contribution in [0.15, 0.2) is 41.3 Å². The molecule has 2 heterocycles. The Kier molecular flexibility index (Phi) is 4.52. The van der Waals surface area contributed by atoms with Crippen molar-refractivity contribution in [1.82, 2.24) is 9.38 Å². The Hall–Kier alpha value is -2.97. The van der Waals surface area contributed by atoms with Gasteiger partial charge in [-0.1, -0.05) is 22.9 Å². The maximum atomic E-state index is 14.0. The molecular weight excluding hydrogens is 410 g/mol. The molecule has 4 aromatic rings. The van der Waals surface area contributed by atoms with Crippen LogP contribution in [0, 0.1) is 11.6 Å². The van der Waals surface area contributed by atoms with Crippen LogP contribution in [0.5, 0.6) is 11.5 Å². The molecule has 2 aromatic carbocycles. The van der Waals surface area contributed by atoms with E-state index in [0.717, 1.165) is 29.5 Å². The molecule has 1 N–H and O–H groups in total. The van der Waals surface area contributed by atoms with Gasteiger partial charge in [0.1, 0.15) is 11.6 Å². The molecule has 9 heteroatoms. The molecule has 0 unspecified atom stereocenters. The van der Waals surface area contributed by atoms with Crippen molar-refractivity contribution in [3.63, 3.8) is 0 Å². The first-order valence-electron chi connectivity index (χ1n) is 7.93. The van der Waals surface area contributed by atoms with Crippen molar-refractivity contribution in [3.8, 4) is 22.8 Å². The van der Waals surface area contributed by atoms with Gasteiger partial charge in [0.25, 0.3) is 5.56 Å². The zero-order valence-corrected chi connectivity index (χ0v) is 15.8. The molecule has 4 rings (SSSR count). The molecule has 0 aliphatic rings. The number of hydrogen-bond acceptors (Lipinski definition) is 5. The summed E-state index contributed by atoms with van der Waals surface area (Å²) in [5.41, 5.74) is 0.341. The number of rotatable bonds is 3. The second-order valence-corrected chi connectivity index (χ2v) is 7.29. The van der Waals surface area contributed by atoms with Gasteiger partial charge < -0.3 is 9.84 Å². The van der Waals surface area contributed by atoms with E-state index in [1.807, 2.05) is 0 Å². The molecule has 0 saturated carbocycles. The zero-order chi connectivity index (χ0) is 20.0. The van der Waals surface area contributed by atoms with Gasteiger partial charge in [-0.3, -0.25) is 9.20 Å². The van der Waals surface area contributed by atoms with Crippen molar-refractivity contribution >= 4 is 34.0 Å². The van der Waals surface area contributed by atoms with Crippen LogP contribution in [-0.2, 0) is 0 Å². The Bertz CT molecular complexity index is 1330. The maximum Gasteiger partial charge on any atom is 0.274 e. The van der Waals surface area contributed by atoms with E-state index in [9.17, 15) is 18.7 Å². The van der Waals surface area contributed by atoms with Crippen LogP contribution in [0.1, 0.15) is 5.56 Å². The Morgan fingerprint density at radius 2 is 2.07 bits per heavy atom. The van der Waals surface area contributed by atoms with Gasteiger partial charge in [0.15, 0.2) is 16.5 Å². The third kappa shape index (κ3) is 3.10. The minimum atomic E-state index is -0.628. The predicted octanol–water partition coefficient (Wildman–Crippen LogP) is 3.62. The minimum absolute atomic E-state index is 0.0177. The molecule has 0 radical (unpaired) electrons. The van der Waals surface area contributed by atoms with Crippen molar-refractivity contribution in [3.05, 3.63) is 73.6 Å². The Labute approximate surface area is 165 Å². The zero-order valence-electron chi connectivity index (χ0n) is 14.2. The van der Waals surface area contributed by atoms with Crippen molar-refractivity contribution in [2.45, 2.75) is 0 Å². The van der Waals surface area contributed by atoms with Crippen LogP contribution in [0.4, 0.5) is 8.78 Å². The van der Waals surface area contributed by atoms with Gasteiger partial charge in [-0.05, 0) is 42.0 Å². The number of nitrogens with zero attached hydrogens (tertiary/aromatic N) is 2. The third-order valence-corrected chi connectivity index (χ3v) is 5.35. The van der Waals surface area contributed by atoms with Gasteiger partial charge in [-0.25, -0.2) is 13.8 Å². The number of hydrogen-bond donors (Lipinski definition) is 1. The average molecular weight is 421 g/mol. The second-order valence-electron chi connectivity index (χ2n) is 5.87. The van der Waals surface area contributed by atoms with E-state index >= 15 is 0 Å². The minimum Gasteiger partial charge on any atom is -0.503 e. The van der Waals surface area contributed by atoms with Crippen LogP contribution in [0.2, 0.25) is 5.02 Å². The molecule has 5 nitrogen and oxygen atoms in total. The number of ether oxygens (including phenoxy) is 1. The van der Waals surface area contributed by atoms with Gasteiger partial charge in [-0.15, -0.1) is 0 Å². The van der Waals surface area contributed by atoms with Gasteiger partial charge >= 0.3 is 0 Å². The SMILES string of the molecule is COc1cc(/C=c2\sc3nc(-c4cc(F)ccc4F)cn3c2=O)cc(Cl)c1O. The fourth-order valence-electron chi connectivity index (χ4n) is 2.74. The largest absolute Gasteiger partial charge is 0.503 e. The number of thiazole rings is 1. The smallest absolute Gasteiger partial charge is 0.274 e. The number of aromatic hydroxyl groups is 1. The lowest BCUT2D eigenvalue weighted by atomic mass is 10.1. The Morgan fingerprint density at radius 3 is 2.79 bits per heavy atom. The lowest BCUT2D eigenvalue weighted by Crippen LogP contribution is -2.22. The number of halogens is 3. The first-order valence-corrected chi connectivity index (χ1v) is 9.12. The van der Waals surface area contributed by atoms with E-state index in [1.54, 1.807) is 6.08 Å². The lowest BCUT2D eigenvalue weighted by molar-refractivity contribution is 0.373. The average Bonchev–Trinajstić information content (AvgIpc) is 3.20. The number of phenols is 1. The van der Waals surface area contributed by atoms with Crippen molar-refractivity contribution in [2.75, 3.05) is 7.11 Å². The van der Waals surface area contributed by atoms with E-state index in [4.69, 9.17) is 16.3 Å². The summed E-state index contributed by atoms with van der Waals surface area (Å²) < 4.78 is 34.1. The molecule has 0 spiro atoms. The normalized spacial score (nSPS) is 12.1. The monoisotopic (exact) mass is 420 g/mol. The van der Waals surface area contributed by atoms with Crippen LogP contribution in [0.25, 0.3) is 22.3 Å². The van der Waals surface area contributed by atoms with Crippen molar-refractivity contribution in [2.24, 2.45) is 0 Å². The first-order chi connectivity index (χ1) is 13.4. The van der Waals surface area contributed by atoms with E-state index in [0.29, 0.717) is 15.1 Å². The Balaban J connectivity index is 1.83. The van der Waals surface area contributed by atoms with Crippen molar-refractivity contribution < 1.29 is 18.6 Å². The summed E-state index contributed by atoms with van der Waals surface area (Å²) in [6.07, 6.45) is 2.95. The van der Waals surface area contributed by atoms with Gasteiger partial charge in [0.05, 0.1) is 22.4 Å². The number of aromatic nitrogens is 2. The second kappa shape index (κ2) is 6.88. The number of phenolic OH excluding ortho intramolecular Hbond substituents is 1. The summed E-state index contributed by atoms with van der Waals surface area (Å²) >= 11 is 7.06. The first kappa shape index (κ1) is 18.4. The highest BCUT2D eigenvalue weighted by Crippen LogP contribution is 2.35. The number of benzene rings is 2. The topological polar surface area (TPSA) is 63.8 Å². The maximum absolute atomic E-state index is 14.0. The molecule has 0 aliphatic carbocycles. The molecule has 0 saturated heterocycles. The quantitative estimate of drug-likeness (QED) is 0.550.